The van der Waals surface area contributed by atoms with E-state index in [-0.39, 0.29) is 58.9 Å². The smallest absolute Gasteiger partial charge is 1.00 e. The van der Waals surface area contributed by atoms with Gasteiger partial charge in [-0.2, -0.15) is 5.57 Å². The number of hydrogen-bond donors (Lipinski definition) is 0. The number of halogens is 3. The third kappa shape index (κ3) is 17.9. The third-order valence-corrected chi connectivity index (χ3v) is 10.7. The zero-order valence-corrected chi connectivity index (χ0v) is 31.7. The fourth-order valence-electron chi connectivity index (χ4n) is 6.17. The van der Waals surface area contributed by atoms with Crippen molar-refractivity contribution < 1.29 is 58.9 Å². The maximum Gasteiger partial charge on any atom is 4.00 e. The van der Waals surface area contributed by atoms with Crippen molar-refractivity contribution in [3.8, 4) is 0 Å². The molecule has 0 N–H and O–H groups in total. The molecule has 0 fully saturated rings. The first-order valence-electron chi connectivity index (χ1n) is 16.2. The van der Waals surface area contributed by atoms with E-state index in [1.165, 1.54) is 126 Å². The van der Waals surface area contributed by atoms with Crippen LogP contribution in [0.5, 0.6) is 0 Å². The molecule has 0 aliphatic heterocycles. The molecule has 0 nitrogen and oxygen atoms in total. The minimum absolute atomic E-state index is 0. The van der Waals surface area contributed by atoms with Crippen molar-refractivity contribution in [2.24, 2.45) is 5.92 Å². The Morgan fingerprint density at radius 2 is 1.02 bits per heavy atom. The summed E-state index contributed by atoms with van der Waals surface area (Å²) in [4.78, 5) is 0. The van der Waals surface area contributed by atoms with Crippen molar-refractivity contribution in [1.29, 1.82) is 0 Å². The van der Waals surface area contributed by atoms with E-state index in [1.807, 2.05) is 0 Å². The molecule has 232 valence electrons. The van der Waals surface area contributed by atoms with Crippen LogP contribution in [0.4, 0.5) is 0 Å². The molecule has 0 saturated carbocycles. The average molecular weight is 682 g/mol. The summed E-state index contributed by atoms with van der Waals surface area (Å²) in [5, 5.41) is 3.33. The van der Waals surface area contributed by atoms with Gasteiger partial charge in [0.15, 0.2) is 0 Å². The van der Waals surface area contributed by atoms with Gasteiger partial charge in [0.1, 0.15) is 0 Å². The summed E-state index contributed by atoms with van der Waals surface area (Å²) in [7, 11) is -0.448. The first kappa shape index (κ1) is 43.8. The Labute approximate surface area is 295 Å². The van der Waals surface area contributed by atoms with Crippen LogP contribution in [0.3, 0.4) is 0 Å². The predicted molar refractivity (Wildman–Crippen MR) is 172 cm³/mol. The minimum atomic E-state index is -0.448. The summed E-state index contributed by atoms with van der Waals surface area (Å²) in [6, 6.07) is 22.3. The zero-order valence-electron chi connectivity index (χ0n) is 26.4. The molecule has 0 bridgehead atoms. The van der Waals surface area contributed by atoms with Crippen LogP contribution in [-0.2, 0) is 28.1 Å². The zero-order chi connectivity index (χ0) is 26.7. The Hall–Kier alpha value is -0.279. The molecule has 1 atom stereocenters. The van der Waals surface area contributed by atoms with E-state index >= 15 is 0 Å². The van der Waals surface area contributed by atoms with Crippen LogP contribution in [0.2, 0.25) is 0 Å². The van der Waals surface area contributed by atoms with Crippen LogP contribution < -0.4 is 42.4 Å². The molecule has 1 aliphatic carbocycles. The Kier molecular flexibility index (Phi) is 29.5. The second kappa shape index (κ2) is 28.2. The Balaban J connectivity index is 0. The predicted octanol–water partition coefficient (Wildman–Crippen LogP) is 1.02. The molecular formula is C37H55Cl3SiTi. The number of unbranched alkanes of at least 4 members (excludes halogenated alkanes) is 15. The molecule has 1 unspecified atom stereocenters. The van der Waals surface area contributed by atoms with Crippen molar-refractivity contribution in [3.05, 3.63) is 88.6 Å². The summed E-state index contributed by atoms with van der Waals surface area (Å²) >= 11 is 0. The van der Waals surface area contributed by atoms with Crippen LogP contribution in [-0.4, -0.2) is 9.52 Å². The van der Waals surface area contributed by atoms with Gasteiger partial charge in [-0.3, -0.25) is 0 Å². The molecule has 2 aromatic carbocycles. The molecule has 0 saturated heterocycles. The fourth-order valence-corrected chi connectivity index (χ4v) is 8.30. The average Bonchev–Trinajstić information content (AvgIpc) is 3.22. The summed E-state index contributed by atoms with van der Waals surface area (Å²) in [6.45, 7) is 4.65. The van der Waals surface area contributed by atoms with Gasteiger partial charge in [-0.25, -0.2) is 16.8 Å². The standard InChI is InChI=1S/C37H55Si.3ClH.Ti/c1-3-4-5-6-7-8-9-10-11-12-13-14-15-16-17-24-29-36-32(2)30-34(31-33-25-20-18-21-26-33)37(36)38-35-27-22-19-23-28-35;;;;/h18-23,25-28,36H,3-17,24,29,31,38H2,1-2H3;3*1H;/q-1;;;;+4/p-3. The van der Waals surface area contributed by atoms with E-state index in [4.69, 9.17) is 0 Å². The maximum atomic E-state index is 3.86. The van der Waals surface area contributed by atoms with Gasteiger partial charge in [-0.1, -0.05) is 195 Å². The maximum absolute atomic E-state index is 3.86. The van der Waals surface area contributed by atoms with E-state index in [0.29, 0.717) is 5.92 Å². The fraction of sp³-hybridized carbons (Fsp3) is 0.568. The van der Waals surface area contributed by atoms with E-state index < -0.39 is 9.52 Å². The third-order valence-electron chi connectivity index (χ3n) is 8.49. The van der Waals surface area contributed by atoms with Gasteiger partial charge in [-0.15, -0.1) is 0 Å². The van der Waals surface area contributed by atoms with Gasteiger partial charge < -0.3 is 37.2 Å². The molecule has 0 radical (unpaired) electrons. The van der Waals surface area contributed by atoms with Crippen molar-refractivity contribution in [2.45, 2.75) is 129 Å². The number of rotatable bonds is 21. The first-order chi connectivity index (χ1) is 18.8. The monoisotopic (exact) mass is 680 g/mol. The second-order valence-electron chi connectivity index (χ2n) is 11.8. The van der Waals surface area contributed by atoms with Crippen LogP contribution in [0.25, 0.3) is 0 Å². The second-order valence-corrected chi connectivity index (χ2v) is 13.7. The quantitative estimate of drug-likeness (QED) is 0.105. The first-order valence-corrected chi connectivity index (χ1v) is 17.6. The Bertz CT molecular complexity index is 946. The van der Waals surface area contributed by atoms with Gasteiger partial charge in [-0.05, 0) is 21.5 Å². The van der Waals surface area contributed by atoms with Crippen molar-refractivity contribution >= 4 is 14.7 Å². The Morgan fingerprint density at radius 3 is 1.50 bits per heavy atom. The molecule has 0 spiro atoms. The SMILES string of the molecule is CCCCCCCCCCCCCCCCCCC1C(C)=[C-]C(Cc2ccccc2)=C1[SiH2]c1ccccc1.[Cl-].[Cl-].[Cl-].[Ti+4]. The summed E-state index contributed by atoms with van der Waals surface area (Å²) in [6.07, 6.45) is 29.2. The molecule has 3 rings (SSSR count). The molecule has 0 heterocycles. The van der Waals surface area contributed by atoms with E-state index in [2.05, 4.69) is 80.6 Å². The van der Waals surface area contributed by atoms with Gasteiger partial charge in [0.05, 0.1) is 0 Å². The normalized spacial score (nSPS) is 14.1. The summed E-state index contributed by atoms with van der Waals surface area (Å²) in [5.74, 6) is 0.646. The molecule has 2 aromatic rings. The van der Waals surface area contributed by atoms with Gasteiger partial charge in [0, 0.05) is 0 Å². The molecule has 42 heavy (non-hydrogen) atoms. The van der Waals surface area contributed by atoms with E-state index in [0.717, 1.165) is 6.42 Å². The van der Waals surface area contributed by atoms with Crippen LogP contribution in [0, 0.1) is 12.0 Å². The van der Waals surface area contributed by atoms with Crippen molar-refractivity contribution in [2.75, 3.05) is 0 Å². The van der Waals surface area contributed by atoms with Gasteiger partial charge >= 0.3 is 21.7 Å². The minimum Gasteiger partial charge on any atom is -1.00 e. The summed E-state index contributed by atoms with van der Waals surface area (Å²) in [5.41, 5.74) is 4.42. The van der Waals surface area contributed by atoms with Crippen LogP contribution in [0.15, 0.2) is 77.0 Å². The molecule has 1 aliphatic rings. The number of allylic oxidation sites excluding steroid dienone is 4. The van der Waals surface area contributed by atoms with Crippen molar-refractivity contribution in [3.63, 3.8) is 0 Å². The number of benzene rings is 2. The number of hydrogen-bond acceptors (Lipinski definition) is 0. The molecule has 0 aromatic heterocycles. The topological polar surface area (TPSA) is 0 Å². The van der Waals surface area contributed by atoms with Crippen LogP contribution >= 0.6 is 0 Å². The summed E-state index contributed by atoms with van der Waals surface area (Å²) < 4.78 is 0. The van der Waals surface area contributed by atoms with Crippen molar-refractivity contribution in [1.82, 2.24) is 0 Å². The molecular weight excluding hydrogens is 627 g/mol. The van der Waals surface area contributed by atoms with Crippen LogP contribution in [0.1, 0.15) is 129 Å². The van der Waals surface area contributed by atoms with Gasteiger partial charge in [0.25, 0.3) is 0 Å². The van der Waals surface area contributed by atoms with E-state index in [1.54, 1.807) is 10.4 Å². The Morgan fingerprint density at radius 1 is 0.595 bits per heavy atom. The van der Waals surface area contributed by atoms with Gasteiger partial charge in [0.2, 0.25) is 0 Å². The largest absolute Gasteiger partial charge is 4.00 e. The molecule has 5 heteroatoms. The van der Waals surface area contributed by atoms with E-state index in [9.17, 15) is 0 Å². The molecule has 0 amide bonds.